The maximum absolute atomic E-state index is 5.76. The normalized spacial score (nSPS) is 13.2. The molecule has 5 heteroatoms. The molecule has 1 aromatic rings. The first-order valence-corrected chi connectivity index (χ1v) is 5.71. The predicted molar refractivity (Wildman–Crippen MR) is 53.6 cm³/mol. The SMILES string of the molecule is CC[C@@H](N)CSc1nnc(C)s1. The van der Waals surface area contributed by atoms with Crippen LogP contribution < -0.4 is 5.73 Å². The van der Waals surface area contributed by atoms with Gasteiger partial charge in [-0.15, -0.1) is 10.2 Å². The van der Waals surface area contributed by atoms with E-state index >= 15 is 0 Å². The van der Waals surface area contributed by atoms with Crippen molar-refractivity contribution in [3.05, 3.63) is 5.01 Å². The molecule has 0 aliphatic heterocycles. The Bertz CT molecular complexity index is 236. The fourth-order valence-corrected chi connectivity index (χ4v) is 2.54. The lowest BCUT2D eigenvalue weighted by Gasteiger charge is -2.04. The first-order chi connectivity index (χ1) is 5.72. The lowest BCUT2D eigenvalue weighted by Crippen LogP contribution is -2.21. The van der Waals surface area contributed by atoms with Gasteiger partial charge in [0.15, 0.2) is 4.34 Å². The van der Waals surface area contributed by atoms with E-state index in [1.807, 2.05) is 6.92 Å². The van der Waals surface area contributed by atoms with Crippen molar-refractivity contribution in [2.45, 2.75) is 30.6 Å². The minimum atomic E-state index is 0.277. The first-order valence-electron chi connectivity index (χ1n) is 3.91. The van der Waals surface area contributed by atoms with Gasteiger partial charge in [-0.3, -0.25) is 0 Å². The van der Waals surface area contributed by atoms with Crippen molar-refractivity contribution in [2.24, 2.45) is 5.73 Å². The molecule has 1 atom stereocenters. The van der Waals surface area contributed by atoms with Crippen LogP contribution in [0.15, 0.2) is 4.34 Å². The van der Waals surface area contributed by atoms with Gasteiger partial charge in [-0.2, -0.15) is 0 Å². The van der Waals surface area contributed by atoms with Gasteiger partial charge in [0.2, 0.25) is 0 Å². The third-order valence-electron chi connectivity index (χ3n) is 1.45. The van der Waals surface area contributed by atoms with Crippen LogP contribution in [-0.4, -0.2) is 22.0 Å². The van der Waals surface area contributed by atoms with Gasteiger partial charge in [0.05, 0.1) is 0 Å². The van der Waals surface area contributed by atoms with Crippen molar-refractivity contribution >= 4 is 23.1 Å². The molecular weight excluding hydrogens is 190 g/mol. The van der Waals surface area contributed by atoms with E-state index in [1.54, 1.807) is 23.1 Å². The van der Waals surface area contributed by atoms with Gasteiger partial charge in [-0.25, -0.2) is 0 Å². The van der Waals surface area contributed by atoms with Crippen LogP contribution in [0.1, 0.15) is 18.4 Å². The van der Waals surface area contributed by atoms with Crippen LogP contribution in [0.4, 0.5) is 0 Å². The number of aromatic nitrogens is 2. The maximum atomic E-state index is 5.76. The Morgan fingerprint density at radius 1 is 1.58 bits per heavy atom. The number of hydrogen-bond acceptors (Lipinski definition) is 5. The van der Waals surface area contributed by atoms with Gasteiger partial charge in [0.25, 0.3) is 0 Å². The maximum Gasteiger partial charge on any atom is 0.174 e. The molecule has 1 heterocycles. The monoisotopic (exact) mass is 203 g/mol. The molecule has 2 N–H and O–H groups in total. The average molecular weight is 203 g/mol. The summed E-state index contributed by atoms with van der Waals surface area (Å²) in [5.74, 6) is 0.936. The van der Waals surface area contributed by atoms with Crippen molar-refractivity contribution in [3.8, 4) is 0 Å². The van der Waals surface area contributed by atoms with E-state index in [1.165, 1.54) is 0 Å². The van der Waals surface area contributed by atoms with Crippen LogP contribution >= 0.6 is 23.1 Å². The number of thioether (sulfide) groups is 1. The summed E-state index contributed by atoms with van der Waals surface area (Å²) in [5.41, 5.74) is 5.76. The van der Waals surface area contributed by atoms with E-state index in [-0.39, 0.29) is 6.04 Å². The zero-order valence-corrected chi connectivity index (χ0v) is 8.91. The minimum absolute atomic E-state index is 0.277. The molecule has 68 valence electrons. The van der Waals surface area contributed by atoms with Crippen LogP contribution in [-0.2, 0) is 0 Å². The third kappa shape index (κ3) is 3.08. The highest BCUT2D eigenvalue weighted by Crippen LogP contribution is 2.22. The third-order valence-corrected chi connectivity index (χ3v) is 3.61. The Morgan fingerprint density at radius 2 is 2.33 bits per heavy atom. The number of nitrogens with two attached hydrogens (primary N) is 1. The molecule has 0 amide bonds. The summed E-state index contributed by atoms with van der Waals surface area (Å²) in [7, 11) is 0. The Kier molecular flexibility index (Phi) is 3.97. The molecule has 0 saturated carbocycles. The predicted octanol–water partition coefficient (Wildman–Crippen LogP) is 1.68. The highest BCUT2D eigenvalue weighted by atomic mass is 32.2. The molecular formula is C7H13N3S2. The second kappa shape index (κ2) is 4.79. The summed E-state index contributed by atoms with van der Waals surface area (Å²) in [6.45, 7) is 4.05. The van der Waals surface area contributed by atoms with Crippen molar-refractivity contribution in [1.29, 1.82) is 0 Å². The molecule has 0 fully saturated rings. The molecule has 1 rings (SSSR count). The lowest BCUT2D eigenvalue weighted by atomic mass is 10.3. The van der Waals surface area contributed by atoms with Gasteiger partial charge in [0, 0.05) is 11.8 Å². The lowest BCUT2D eigenvalue weighted by molar-refractivity contribution is 0.724. The molecule has 0 radical (unpaired) electrons. The molecule has 0 aliphatic carbocycles. The highest BCUT2D eigenvalue weighted by Gasteiger charge is 2.04. The topological polar surface area (TPSA) is 51.8 Å². The molecule has 1 aromatic heterocycles. The summed E-state index contributed by atoms with van der Waals surface area (Å²) in [5, 5.41) is 8.94. The molecule has 0 aliphatic rings. The molecule has 0 unspecified atom stereocenters. The van der Waals surface area contributed by atoms with E-state index in [0.29, 0.717) is 0 Å². The van der Waals surface area contributed by atoms with Crippen molar-refractivity contribution in [1.82, 2.24) is 10.2 Å². The van der Waals surface area contributed by atoms with Crippen molar-refractivity contribution in [3.63, 3.8) is 0 Å². The summed E-state index contributed by atoms with van der Waals surface area (Å²) >= 11 is 3.32. The van der Waals surface area contributed by atoms with Crippen LogP contribution in [0, 0.1) is 6.92 Å². The Hall–Kier alpha value is -0.130. The zero-order valence-electron chi connectivity index (χ0n) is 7.28. The number of aryl methyl sites for hydroxylation is 1. The summed E-state index contributed by atoms with van der Waals surface area (Å²) in [6, 6.07) is 0.277. The highest BCUT2D eigenvalue weighted by molar-refractivity contribution is 8.01. The van der Waals surface area contributed by atoms with Gasteiger partial charge in [0.1, 0.15) is 5.01 Å². The largest absolute Gasteiger partial charge is 0.327 e. The number of nitrogens with zero attached hydrogens (tertiary/aromatic N) is 2. The molecule has 0 saturated heterocycles. The van der Waals surface area contributed by atoms with Gasteiger partial charge in [-0.05, 0) is 13.3 Å². The minimum Gasteiger partial charge on any atom is -0.327 e. The summed E-state index contributed by atoms with van der Waals surface area (Å²) in [6.07, 6.45) is 1.02. The van der Waals surface area contributed by atoms with Gasteiger partial charge < -0.3 is 5.73 Å². The van der Waals surface area contributed by atoms with E-state index in [4.69, 9.17) is 5.73 Å². The zero-order chi connectivity index (χ0) is 8.97. The first kappa shape index (κ1) is 9.95. The second-order valence-electron chi connectivity index (χ2n) is 2.57. The molecule has 12 heavy (non-hydrogen) atoms. The number of hydrogen-bond donors (Lipinski definition) is 1. The molecule has 0 bridgehead atoms. The smallest absolute Gasteiger partial charge is 0.174 e. The van der Waals surface area contributed by atoms with E-state index in [2.05, 4.69) is 17.1 Å². The van der Waals surface area contributed by atoms with E-state index in [9.17, 15) is 0 Å². The fraction of sp³-hybridized carbons (Fsp3) is 0.714. The Morgan fingerprint density at radius 3 is 2.83 bits per heavy atom. The van der Waals surface area contributed by atoms with E-state index < -0.39 is 0 Å². The van der Waals surface area contributed by atoms with Crippen molar-refractivity contribution in [2.75, 3.05) is 5.75 Å². The quantitative estimate of drug-likeness (QED) is 0.756. The van der Waals surface area contributed by atoms with E-state index in [0.717, 1.165) is 21.5 Å². The summed E-state index contributed by atoms with van der Waals surface area (Å²) < 4.78 is 1.02. The molecule has 3 nitrogen and oxygen atoms in total. The fourth-order valence-electron chi connectivity index (χ4n) is 0.633. The van der Waals surface area contributed by atoms with Crippen molar-refractivity contribution < 1.29 is 0 Å². The van der Waals surface area contributed by atoms with Crippen LogP contribution in [0.2, 0.25) is 0 Å². The van der Waals surface area contributed by atoms with Gasteiger partial charge >= 0.3 is 0 Å². The van der Waals surface area contributed by atoms with Crippen LogP contribution in [0.3, 0.4) is 0 Å². The molecule has 0 spiro atoms. The average Bonchev–Trinajstić information content (AvgIpc) is 2.47. The van der Waals surface area contributed by atoms with Gasteiger partial charge in [-0.1, -0.05) is 30.0 Å². The second-order valence-corrected chi connectivity index (χ2v) is 5.02. The molecule has 0 aromatic carbocycles. The Balaban J connectivity index is 2.33. The standard InChI is InChI=1S/C7H13N3S2/c1-3-6(8)4-11-7-10-9-5(2)12-7/h6H,3-4,8H2,1-2H3/t6-/m1/s1. The van der Waals surface area contributed by atoms with Crippen LogP contribution in [0.5, 0.6) is 0 Å². The van der Waals surface area contributed by atoms with Crippen LogP contribution in [0.25, 0.3) is 0 Å². The Labute approximate surface area is 80.8 Å². The summed E-state index contributed by atoms with van der Waals surface area (Å²) in [4.78, 5) is 0. The number of rotatable bonds is 4.